The van der Waals surface area contributed by atoms with Crippen molar-refractivity contribution in [2.24, 2.45) is 5.73 Å². The molecule has 8 heteroatoms. The summed E-state index contributed by atoms with van der Waals surface area (Å²) in [6, 6.07) is 5.30. The summed E-state index contributed by atoms with van der Waals surface area (Å²) in [5.74, 6) is 1.98. The van der Waals surface area contributed by atoms with Crippen LogP contribution in [-0.4, -0.2) is 44.1 Å². The molecule has 0 atom stereocenters. The number of aromatic amines is 1. The first-order chi connectivity index (χ1) is 11.7. The predicted molar refractivity (Wildman–Crippen MR) is 86.2 cm³/mol. The number of furan rings is 1. The second-order valence-corrected chi connectivity index (χ2v) is 5.91. The molecule has 0 aromatic carbocycles. The van der Waals surface area contributed by atoms with Crippen molar-refractivity contribution in [3.8, 4) is 0 Å². The SMILES string of the molecule is NCc1nc(C2CCN(C(=O)c3cc4ncccc4o3)CC2)n[nH]1. The number of pyridine rings is 1. The Morgan fingerprint density at radius 1 is 1.42 bits per heavy atom. The summed E-state index contributed by atoms with van der Waals surface area (Å²) < 4.78 is 5.62. The van der Waals surface area contributed by atoms with Gasteiger partial charge in [-0.25, -0.2) is 4.98 Å². The third-order valence-electron chi connectivity index (χ3n) is 4.39. The molecular formula is C16H18N6O2. The molecule has 8 nitrogen and oxygen atoms in total. The second kappa shape index (κ2) is 6.04. The lowest BCUT2D eigenvalue weighted by Crippen LogP contribution is -2.38. The number of nitrogens with two attached hydrogens (primary N) is 1. The Bertz CT molecular complexity index is 829. The third kappa shape index (κ3) is 2.65. The number of hydrogen-bond acceptors (Lipinski definition) is 6. The standard InChI is InChI=1S/C16H18N6O2/c17-9-14-19-15(21-20-14)10-3-6-22(7-4-10)16(23)13-8-11-12(24-13)2-1-5-18-11/h1-2,5,8,10H,3-4,6-7,9,17H2,(H,19,20,21). The molecule has 24 heavy (non-hydrogen) atoms. The number of nitrogens with zero attached hydrogens (tertiary/aromatic N) is 4. The van der Waals surface area contributed by atoms with Gasteiger partial charge in [0.2, 0.25) is 0 Å². The van der Waals surface area contributed by atoms with Gasteiger partial charge in [-0.1, -0.05) is 0 Å². The molecule has 124 valence electrons. The minimum atomic E-state index is -0.0934. The molecule has 0 saturated carbocycles. The van der Waals surface area contributed by atoms with Crippen LogP contribution >= 0.6 is 0 Å². The van der Waals surface area contributed by atoms with Crippen molar-refractivity contribution in [1.82, 2.24) is 25.1 Å². The molecule has 4 heterocycles. The fourth-order valence-corrected chi connectivity index (χ4v) is 3.06. The van der Waals surface area contributed by atoms with Gasteiger partial charge in [-0.2, -0.15) is 5.10 Å². The highest BCUT2D eigenvalue weighted by Crippen LogP contribution is 2.27. The van der Waals surface area contributed by atoms with E-state index in [0.29, 0.717) is 42.3 Å². The highest BCUT2D eigenvalue weighted by atomic mass is 16.3. The molecule has 1 aliphatic rings. The Morgan fingerprint density at radius 2 is 2.25 bits per heavy atom. The first-order valence-corrected chi connectivity index (χ1v) is 7.99. The van der Waals surface area contributed by atoms with Crippen molar-refractivity contribution in [1.29, 1.82) is 0 Å². The van der Waals surface area contributed by atoms with Gasteiger partial charge in [0.25, 0.3) is 5.91 Å². The van der Waals surface area contributed by atoms with Crippen molar-refractivity contribution in [2.75, 3.05) is 13.1 Å². The number of aromatic nitrogens is 4. The van der Waals surface area contributed by atoms with E-state index in [2.05, 4.69) is 20.2 Å². The summed E-state index contributed by atoms with van der Waals surface area (Å²) >= 11 is 0. The van der Waals surface area contributed by atoms with E-state index < -0.39 is 0 Å². The summed E-state index contributed by atoms with van der Waals surface area (Å²) in [5.41, 5.74) is 6.88. The van der Waals surface area contributed by atoms with E-state index in [1.807, 2.05) is 11.0 Å². The molecule has 0 aliphatic carbocycles. The Kier molecular flexibility index (Phi) is 3.73. The van der Waals surface area contributed by atoms with Crippen molar-refractivity contribution >= 4 is 17.0 Å². The minimum Gasteiger partial charge on any atom is -0.449 e. The van der Waals surface area contributed by atoms with Gasteiger partial charge in [0.15, 0.2) is 17.2 Å². The largest absolute Gasteiger partial charge is 0.449 e. The zero-order valence-electron chi connectivity index (χ0n) is 13.1. The molecule has 0 radical (unpaired) electrons. The quantitative estimate of drug-likeness (QED) is 0.752. The Labute approximate surface area is 138 Å². The molecule has 1 amide bonds. The summed E-state index contributed by atoms with van der Waals surface area (Å²) in [7, 11) is 0. The molecule has 1 aliphatic heterocycles. The fourth-order valence-electron chi connectivity index (χ4n) is 3.06. The van der Waals surface area contributed by atoms with Gasteiger partial charge < -0.3 is 15.1 Å². The van der Waals surface area contributed by atoms with E-state index in [1.54, 1.807) is 18.3 Å². The maximum atomic E-state index is 12.6. The molecule has 3 aromatic rings. The molecular weight excluding hydrogens is 308 g/mol. The monoisotopic (exact) mass is 326 g/mol. The Hall–Kier alpha value is -2.74. The van der Waals surface area contributed by atoms with Crippen molar-refractivity contribution in [2.45, 2.75) is 25.3 Å². The maximum Gasteiger partial charge on any atom is 0.289 e. The van der Waals surface area contributed by atoms with Gasteiger partial charge in [-0.3, -0.25) is 14.9 Å². The lowest BCUT2D eigenvalue weighted by Gasteiger charge is -2.30. The van der Waals surface area contributed by atoms with Crippen molar-refractivity contribution in [3.05, 3.63) is 41.8 Å². The van der Waals surface area contributed by atoms with E-state index in [-0.39, 0.29) is 11.8 Å². The number of nitrogens with one attached hydrogen (secondary N) is 1. The van der Waals surface area contributed by atoms with E-state index in [1.165, 1.54) is 0 Å². The van der Waals surface area contributed by atoms with Crippen molar-refractivity contribution in [3.63, 3.8) is 0 Å². The molecule has 0 bridgehead atoms. The van der Waals surface area contributed by atoms with Gasteiger partial charge in [0.05, 0.1) is 6.54 Å². The number of rotatable bonds is 3. The minimum absolute atomic E-state index is 0.0934. The van der Waals surface area contributed by atoms with E-state index in [9.17, 15) is 4.79 Å². The summed E-state index contributed by atoms with van der Waals surface area (Å²) in [6.07, 6.45) is 3.34. The predicted octanol–water partition coefficient (Wildman–Crippen LogP) is 1.42. The highest BCUT2D eigenvalue weighted by molar-refractivity contribution is 5.95. The van der Waals surface area contributed by atoms with Crippen LogP contribution < -0.4 is 5.73 Å². The lowest BCUT2D eigenvalue weighted by molar-refractivity contribution is 0.0681. The number of piperidine rings is 1. The second-order valence-electron chi connectivity index (χ2n) is 5.91. The number of H-pyrrole nitrogens is 1. The van der Waals surface area contributed by atoms with Gasteiger partial charge in [-0.05, 0) is 25.0 Å². The molecule has 1 saturated heterocycles. The summed E-state index contributed by atoms with van der Waals surface area (Å²) in [5, 5.41) is 7.06. The molecule has 0 unspecified atom stereocenters. The van der Waals surface area contributed by atoms with E-state index >= 15 is 0 Å². The molecule has 0 spiro atoms. The first kappa shape index (κ1) is 14.8. The van der Waals surface area contributed by atoms with Crippen LogP contribution in [0.3, 0.4) is 0 Å². The number of fused-ring (bicyclic) bond motifs is 1. The van der Waals surface area contributed by atoms with Crippen LogP contribution in [0.2, 0.25) is 0 Å². The lowest BCUT2D eigenvalue weighted by atomic mass is 9.96. The molecule has 4 rings (SSSR count). The van der Waals surface area contributed by atoms with E-state index in [0.717, 1.165) is 18.7 Å². The number of amides is 1. The van der Waals surface area contributed by atoms with Gasteiger partial charge in [-0.15, -0.1) is 0 Å². The normalized spacial score (nSPS) is 16.0. The van der Waals surface area contributed by atoms with Crippen LogP contribution in [0, 0.1) is 0 Å². The highest BCUT2D eigenvalue weighted by Gasteiger charge is 2.28. The van der Waals surface area contributed by atoms with Gasteiger partial charge in [0.1, 0.15) is 11.3 Å². The number of likely N-dealkylation sites (tertiary alicyclic amines) is 1. The Morgan fingerprint density at radius 3 is 2.96 bits per heavy atom. The number of carbonyl (C=O) groups excluding carboxylic acids is 1. The average molecular weight is 326 g/mol. The third-order valence-corrected chi connectivity index (χ3v) is 4.39. The van der Waals surface area contributed by atoms with Crippen LogP contribution in [0.15, 0.2) is 28.8 Å². The smallest absolute Gasteiger partial charge is 0.289 e. The van der Waals surface area contributed by atoms with Crippen LogP contribution in [0.25, 0.3) is 11.1 Å². The number of hydrogen-bond donors (Lipinski definition) is 2. The fraction of sp³-hybridized carbons (Fsp3) is 0.375. The van der Waals surface area contributed by atoms with E-state index in [4.69, 9.17) is 10.2 Å². The van der Waals surface area contributed by atoms with Crippen LogP contribution in [0.4, 0.5) is 0 Å². The first-order valence-electron chi connectivity index (χ1n) is 7.99. The molecule has 3 N–H and O–H groups in total. The van der Waals surface area contributed by atoms with Gasteiger partial charge >= 0.3 is 0 Å². The molecule has 1 fully saturated rings. The molecule has 3 aromatic heterocycles. The summed E-state index contributed by atoms with van der Waals surface area (Å²) in [4.78, 5) is 23.0. The average Bonchev–Trinajstić information content (AvgIpc) is 3.28. The van der Waals surface area contributed by atoms with Crippen LogP contribution in [0.1, 0.15) is 41.0 Å². The van der Waals surface area contributed by atoms with Crippen molar-refractivity contribution < 1.29 is 9.21 Å². The van der Waals surface area contributed by atoms with Crippen LogP contribution in [-0.2, 0) is 6.54 Å². The number of carbonyl (C=O) groups is 1. The maximum absolute atomic E-state index is 12.6. The zero-order chi connectivity index (χ0) is 16.5. The van der Waals surface area contributed by atoms with Crippen LogP contribution in [0.5, 0.6) is 0 Å². The van der Waals surface area contributed by atoms with Gasteiger partial charge in [0, 0.05) is 31.3 Å². The Balaban J connectivity index is 1.44. The summed E-state index contributed by atoms with van der Waals surface area (Å²) in [6.45, 7) is 1.66. The topological polar surface area (TPSA) is 114 Å². The zero-order valence-corrected chi connectivity index (χ0v) is 13.1.